The lowest BCUT2D eigenvalue weighted by molar-refractivity contribution is 0.190. The second kappa shape index (κ2) is 6.81. The minimum absolute atomic E-state index is 0.210. The summed E-state index contributed by atoms with van der Waals surface area (Å²) in [6, 6.07) is 8.55. The van der Waals surface area contributed by atoms with Crippen LogP contribution in [0.5, 0.6) is 0 Å². The van der Waals surface area contributed by atoms with Crippen LogP contribution in [0.2, 0.25) is 0 Å². The molecular weight excluding hydrogens is 270 g/mol. The molecule has 0 aliphatic rings. The minimum Gasteiger partial charge on any atom is -0.383 e. The van der Waals surface area contributed by atoms with E-state index in [2.05, 4.69) is 52.4 Å². The summed E-state index contributed by atoms with van der Waals surface area (Å²) in [5.74, 6) is 0.855. The fourth-order valence-corrected chi connectivity index (χ4v) is 2.71. The third-order valence-electron chi connectivity index (χ3n) is 2.96. The molecule has 108 valence electrons. The molecule has 0 aliphatic carbocycles. The van der Waals surface area contributed by atoms with Crippen LogP contribution in [-0.2, 0) is 4.74 Å². The minimum atomic E-state index is 0.210. The first-order chi connectivity index (χ1) is 9.65. The predicted molar refractivity (Wildman–Crippen MR) is 85.0 cm³/mol. The molecule has 0 amide bonds. The van der Waals surface area contributed by atoms with Gasteiger partial charge in [0.2, 0.25) is 5.95 Å². The Kier molecular flexibility index (Phi) is 5.09. The topological polar surface area (TPSA) is 39.1 Å². The van der Waals surface area contributed by atoms with E-state index in [0.29, 0.717) is 6.61 Å². The van der Waals surface area contributed by atoms with Crippen molar-refractivity contribution in [3.05, 3.63) is 36.2 Å². The monoisotopic (exact) mass is 291 g/mol. The highest BCUT2D eigenvalue weighted by Gasteiger charge is 2.12. The number of para-hydroxylation sites is 1. The van der Waals surface area contributed by atoms with Crippen molar-refractivity contribution in [3.8, 4) is 5.69 Å². The number of rotatable bonds is 6. The first-order valence-corrected chi connectivity index (χ1v) is 7.83. The number of hydrogen-bond donors (Lipinski definition) is 1. The second-order valence-electron chi connectivity index (χ2n) is 4.75. The van der Waals surface area contributed by atoms with Gasteiger partial charge in [-0.05, 0) is 32.2 Å². The van der Waals surface area contributed by atoms with Crippen molar-refractivity contribution < 1.29 is 4.74 Å². The van der Waals surface area contributed by atoms with Crippen LogP contribution < -0.4 is 5.32 Å². The molecule has 0 spiro atoms. The number of ether oxygens (including phenoxy) is 1. The van der Waals surface area contributed by atoms with Gasteiger partial charge in [0.25, 0.3) is 0 Å². The van der Waals surface area contributed by atoms with Crippen molar-refractivity contribution in [3.63, 3.8) is 0 Å². The zero-order valence-corrected chi connectivity index (χ0v) is 13.2. The maximum atomic E-state index is 5.17. The first-order valence-electron chi connectivity index (χ1n) is 6.60. The van der Waals surface area contributed by atoms with E-state index in [1.165, 1.54) is 4.90 Å². The van der Waals surface area contributed by atoms with E-state index in [4.69, 9.17) is 4.74 Å². The molecule has 0 fully saturated rings. The third-order valence-corrected chi connectivity index (χ3v) is 3.75. The molecule has 1 aromatic heterocycles. The van der Waals surface area contributed by atoms with Crippen molar-refractivity contribution in [1.29, 1.82) is 0 Å². The van der Waals surface area contributed by atoms with Gasteiger partial charge in [-0.15, -0.1) is 11.8 Å². The molecule has 1 aromatic carbocycles. The molecule has 0 saturated heterocycles. The summed E-state index contributed by atoms with van der Waals surface area (Å²) in [4.78, 5) is 5.80. The lowest BCUT2D eigenvalue weighted by Gasteiger charge is -2.16. The highest BCUT2D eigenvalue weighted by atomic mass is 32.2. The van der Waals surface area contributed by atoms with Gasteiger partial charge in [0.1, 0.15) is 0 Å². The summed E-state index contributed by atoms with van der Waals surface area (Å²) < 4.78 is 7.27. The molecular formula is C15H21N3OS. The van der Waals surface area contributed by atoms with Gasteiger partial charge >= 0.3 is 0 Å². The molecule has 1 N–H and O–H groups in total. The molecule has 1 unspecified atom stereocenters. The summed E-state index contributed by atoms with van der Waals surface area (Å²) in [7, 11) is 1.71. The van der Waals surface area contributed by atoms with Crippen LogP contribution in [0.1, 0.15) is 12.6 Å². The van der Waals surface area contributed by atoms with Crippen molar-refractivity contribution >= 4 is 17.7 Å². The third kappa shape index (κ3) is 3.35. The molecule has 1 heterocycles. The van der Waals surface area contributed by atoms with Gasteiger partial charge in [-0.25, -0.2) is 4.98 Å². The van der Waals surface area contributed by atoms with Gasteiger partial charge < -0.3 is 10.1 Å². The van der Waals surface area contributed by atoms with Crippen molar-refractivity contribution in [1.82, 2.24) is 9.55 Å². The van der Waals surface area contributed by atoms with Crippen LogP contribution in [0.15, 0.2) is 35.4 Å². The first kappa shape index (κ1) is 14.9. The lowest BCUT2D eigenvalue weighted by Crippen LogP contribution is -2.23. The molecule has 2 rings (SSSR count). The number of anilines is 1. The quantitative estimate of drug-likeness (QED) is 0.828. The van der Waals surface area contributed by atoms with Gasteiger partial charge in [0.15, 0.2) is 0 Å². The van der Waals surface area contributed by atoms with E-state index in [1.807, 2.05) is 13.0 Å². The number of nitrogens with one attached hydrogen (secondary N) is 1. The van der Waals surface area contributed by atoms with Crippen LogP contribution in [0.3, 0.4) is 0 Å². The van der Waals surface area contributed by atoms with Gasteiger partial charge in [0, 0.05) is 24.2 Å². The molecule has 0 saturated carbocycles. The standard InChI is InChI=1S/C15H21N3OS/c1-11-9-18(13-7-5-6-8-14(13)20-4)15(16-11)17-12(2)10-19-3/h5-9,12H,10H2,1-4H3,(H,16,17). The molecule has 1 atom stereocenters. The predicted octanol–water partition coefficient (Wildman–Crippen LogP) is 3.35. The summed E-state index contributed by atoms with van der Waals surface area (Å²) in [5.41, 5.74) is 2.14. The number of aryl methyl sites for hydroxylation is 1. The van der Waals surface area contributed by atoms with E-state index < -0.39 is 0 Å². The van der Waals surface area contributed by atoms with E-state index >= 15 is 0 Å². The van der Waals surface area contributed by atoms with Crippen LogP contribution in [0.4, 0.5) is 5.95 Å². The number of thioether (sulfide) groups is 1. The zero-order valence-electron chi connectivity index (χ0n) is 12.4. The van der Waals surface area contributed by atoms with Gasteiger partial charge in [0.05, 0.1) is 18.0 Å². The summed E-state index contributed by atoms with van der Waals surface area (Å²) in [5, 5.41) is 3.40. The zero-order chi connectivity index (χ0) is 14.5. The molecule has 4 nitrogen and oxygen atoms in total. The Labute approximate surface area is 124 Å². The Morgan fingerprint density at radius 1 is 1.40 bits per heavy atom. The lowest BCUT2D eigenvalue weighted by atomic mass is 10.3. The number of hydrogen-bond acceptors (Lipinski definition) is 4. The molecule has 0 aliphatic heterocycles. The van der Waals surface area contributed by atoms with E-state index in [1.54, 1.807) is 18.9 Å². The summed E-state index contributed by atoms with van der Waals surface area (Å²) >= 11 is 1.74. The molecule has 20 heavy (non-hydrogen) atoms. The fourth-order valence-electron chi connectivity index (χ4n) is 2.12. The van der Waals surface area contributed by atoms with Gasteiger partial charge in [-0.2, -0.15) is 0 Å². The SMILES string of the molecule is COCC(C)Nc1nc(C)cn1-c1ccccc1SC. The second-order valence-corrected chi connectivity index (χ2v) is 5.60. The number of benzene rings is 1. The average Bonchev–Trinajstić information content (AvgIpc) is 2.79. The Hall–Kier alpha value is -1.46. The largest absolute Gasteiger partial charge is 0.383 e. The van der Waals surface area contributed by atoms with Crippen molar-refractivity contribution in [2.45, 2.75) is 24.8 Å². The maximum absolute atomic E-state index is 5.17. The maximum Gasteiger partial charge on any atom is 0.208 e. The van der Waals surface area contributed by atoms with Crippen LogP contribution in [-0.4, -0.2) is 35.6 Å². The number of aromatic nitrogens is 2. The molecule has 0 radical (unpaired) electrons. The Bertz CT molecular complexity index is 568. The molecule has 0 bridgehead atoms. The summed E-state index contributed by atoms with van der Waals surface area (Å²) in [6.45, 7) is 4.73. The summed E-state index contributed by atoms with van der Waals surface area (Å²) in [6.07, 6.45) is 4.14. The number of nitrogens with zero attached hydrogens (tertiary/aromatic N) is 2. The number of imidazole rings is 1. The highest BCUT2D eigenvalue weighted by molar-refractivity contribution is 7.98. The smallest absolute Gasteiger partial charge is 0.208 e. The highest BCUT2D eigenvalue weighted by Crippen LogP contribution is 2.26. The van der Waals surface area contributed by atoms with Crippen LogP contribution >= 0.6 is 11.8 Å². The van der Waals surface area contributed by atoms with E-state index in [0.717, 1.165) is 17.3 Å². The van der Waals surface area contributed by atoms with Gasteiger partial charge in [-0.3, -0.25) is 4.57 Å². The normalized spacial score (nSPS) is 12.4. The van der Waals surface area contributed by atoms with Crippen LogP contribution in [0, 0.1) is 6.92 Å². The van der Waals surface area contributed by atoms with Crippen molar-refractivity contribution in [2.24, 2.45) is 0 Å². The molecule has 2 aromatic rings. The average molecular weight is 291 g/mol. The van der Waals surface area contributed by atoms with Gasteiger partial charge in [-0.1, -0.05) is 12.1 Å². The Morgan fingerprint density at radius 2 is 2.15 bits per heavy atom. The van der Waals surface area contributed by atoms with E-state index in [9.17, 15) is 0 Å². The molecule has 5 heteroatoms. The van der Waals surface area contributed by atoms with E-state index in [-0.39, 0.29) is 6.04 Å². The number of methoxy groups -OCH3 is 1. The Morgan fingerprint density at radius 3 is 2.85 bits per heavy atom. The fraction of sp³-hybridized carbons (Fsp3) is 0.400. The van der Waals surface area contributed by atoms with Crippen LogP contribution in [0.25, 0.3) is 5.69 Å². The Balaban J connectivity index is 2.36. The van der Waals surface area contributed by atoms with Crippen molar-refractivity contribution in [2.75, 3.05) is 25.3 Å².